The molecule has 1 saturated heterocycles. The molecule has 1 N–H and O–H groups in total. The van der Waals surface area contributed by atoms with Crippen LogP contribution in [-0.2, 0) is 0 Å². The summed E-state index contributed by atoms with van der Waals surface area (Å²) in [6.07, 6.45) is 1.44. The number of amides is 2. The molecule has 0 atom stereocenters. The third-order valence-electron chi connectivity index (χ3n) is 5.28. The molecule has 1 aliphatic heterocycles. The molecule has 29 heavy (non-hydrogen) atoms. The summed E-state index contributed by atoms with van der Waals surface area (Å²) in [5, 5.41) is 7.18. The van der Waals surface area contributed by atoms with Crippen molar-refractivity contribution in [2.45, 2.75) is 25.8 Å². The first-order chi connectivity index (χ1) is 14.1. The minimum absolute atomic E-state index is 0.0592. The second kappa shape index (κ2) is 8.31. The second-order valence-corrected chi connectivity index (χ2v) is 7.23. The summed E-state index contributed by atoms with van der Waals surface area (Å²) in [5.74, 6) is 0.375. The topological polar surface area (TPSA) is 75.4 Å². The first-order valence-electron chi connectivity index (χ1n) is 9.80. The molecule has 0 unspecified atom stereocenters. The summed E-state index contributed by atoms with van der Waals surface area (Å²) < 4.78 is 5.33. The Balaban J connectivity index is 1.41. The Morgan fingerprint density at radius 1 is 1.00 bits per heavy atom. The van der Waals surface area contributed by atoms with Crippen molar-refractivity contribution in [1.82, 2.24) is 15.4 Å². The average molecular weight is 389 g/mol. The van der Waals surface area contributed by atoms with Gasteiger partial charge in [-0.1, -0.05) is 53.7 Å². The van der Waals surface area contributed by atoms with Crippen molar-refractivity contribution in [2.24, 2.45) is 0 Å². The van der Waals surface area contributed by atoms with Crippen molar-refractivity contribution in [1.29, 1.82) is 0 Å². The monoisotopic (exact) mass is 389 g/mol. The second-order valence-electron chi connectivity index (χ2n) is 7.23. The van der Waals surface area contributed by atoms with E-state index >= 15 is 0 Å². The molecule has 6 nitrogen and oxygen atoms in total. The van der Waals surface area contributed by atoms with Crippen LogP contribution in [0.25, 0.3) is 11.3 Å². The van der Waals surface area contributed by atoms with Gasteiger partial charge in [0.15, 0.2) is 0 Å². The van der Waals surface area contributed by atoms with Crippen LogP contribution < -0.4 is 5.32 Å². The highest BCUT2D eigenvalue weighted by Crippen LogP contribution is 2.27. The Kier molecular flexibility index (Phi) is 5.42. The average Bonchev–Trinajstić information content (AvgIpc) is 3.16. The van der Waals surface area contributed by atoms with Crippen LogP contribution in [0.5, 0.6) is 0 Å². The maximum Gasteiger partial charge on any atom is 0.259 e. The predicted molar refractivity (Wildman–Crippen MR) is 110 cm³/mol. The maximum absolute atomic E-state index is 13.2. The molecule has 1 aliphatic rings. The van der Waals surface area contributed by atoms with Gasteiger partial charge in [0.2, 0.25) is 0 Å². The van der Waals surface area contributed by atoms with Gasteiger partial charge < -0.3 is 14.7 Å². The smallest absolute Gasteiger partial charge is 0.259 e. The number of likely N-dealkylation sites (tertiary alicyclic amines) is 1. The van der Waals surface area contributed by atoms with E-state index in [0.29, 0.717) is 35.7 Å². The molecular formula is C23H23N3O3. The van der Waals surface area contributed by atoms with E-state index in [1.165, 1.54) is 0 Å². The van der Waals surface area contributed by atoms with E-state index < -0.39 is 0 Å². The van der Waals surface area contributed by atoms with Gasteiger partial charge in [-0.05, 0) is 31.9 Å². The van der Waals surface area contributed by atoms with Crippen molar-refractivity contribution in [2.75, 3.05) is 13.1 Å². The van der Waals surface area contributed by atoms with Crippen LogP contribution in [-0.4, -0.2) is 41.0 Å². The Morgan fingerprint density at radius 3 is 2.28 bits per heavy atom. The van der Waals surface area contributed by atoms with Gasteiger partial charge >= 0.3 is 0 Å². The number of hydrogen-bond donors (Lipinski definition) is 1. The number of rotatable bonds is 4. The number of carbonyl (C=O) groups excluding carboxylic acids is 2. The molecule has 0 radical (unpaired) electrons. The summed E-state index contributed by atoms with van der Waals surface area (Å²) >= 11 is 0. The number of hydrogen-bond acceptors (Lipinski definition) is 4. The molecule has 148 valence electrons. The van der Waals surface area contributed by atoms with E-state index in [1.807, 2.05) is 53.4 Å². The van der Waals surface area contributed by atoms with Gasteiger partial charge in [0, 0.05) is 30.3 Å². The zero-order chi connectivity index (χ0) is 20.2. The zero-order valence-corrected chi connectivity index (χ0v) is 16.3. The highest BCUT2D eigenvalue weighted by molar-refractivity contribution is 6.01. The van der Waals surface area contributed by atoms with Crippen molar-refractivity contribution in [3.05, 3.63) is 77.6 Å². The number of nitrogens with one attached hydrogen (secondary N) is 1. The van der Waals surface area contributed by atoms with Crippen molar-refractivity contribution in [3.8, 4) is 11.3 Å². The largest absolute Gasteiger partial charge is 0.360 e. The van der Waals surface area contributed by atoms with Gasteiger partial charge in [0.05, 0.1) is 0 Å². The van der Waals surface area contributed by atoms with Crippen LogP contribution in [0.3, 0.4) is 0 Å². The number of aromatic nitrogens is 1. The molecule has 0 aliphatic carbocycles. The third kappa shape index (κ3) is 4.06. The fourth-order valence-corrected chi connectivity index (χ4v) is 3.66. The number of aryl methyl sites for hydroxylation is 1. The summed E-state index contributed by atoms with van der Waals surface area (Å²) in [4.78, 5) is 27.3. The predicted octanol–water partition coefficient (Wildman–Crippen LogP) is 3.68. The van der Waals surface area contributed by atoms with Gasteiger partial charge in [-0.2, -0.15) is 0 Å². The van der Waals surface area contributed by atoms with Crippen LogP contribution >= 0.6 is 0 Å². The van der Waals surface area contributed by atoms with E-state index in [-0.39, 0.29) is 17.9 Å². The van der Waals surface area contributed by atoms with Gasteiger partial charge in [-0.3, -0.25) is 9.59 Å². The highest BCUT2D eigenvalue weighted by Gasteiger charge is 2.29. The lowest BCUT2D eigenvalue weighted by Crippen LogP contribution is -2.46. The number of piperidine rings is 1. The molecule has 1 fully saturated rings. The Morgan fingerprint density at radius 2 is 1.62 bits per heavy atom. The Hall–Kier alpha value is -3.41. The number of nitrogens with zero attached hydrogens (tertiary/aromatic N) is 2. The first-order valence-corrected chi connectivity index (χ1v) is 9.80. The zero-order valence-electron chi connectivity index (χ0n) is 16.3. The first kappa shape index (κ1) is 18.9. The van der Waals surface area contributed by atoms with Crippen molar-refractivity contribution >= 4 is 11.8 Å². The molecule has 6 heteroatoms. The minimum Gasteiger partial charge on any atom is -0.360 e. The van der Waals surface area contributed by atoms with Crippen molar-refractivity contribution < 1.29 is 14.1 Å². The summed E-state index contributed by atoms with van der Waals surface area (Å²) in [6, 6.07) is 18.8. The Labute approximate surface area is 169 Å². The molecule has 0 bridgehead atoms. The quantitative estimate of drug-likeness (QED) is 0.738. The summed E-state index contributed by atoms with van der Waals surface area (Å²) in [6.45, 7) is 2.92. The van der Waals surface area contributed by atoms with Crippen molar-refractivity contribution in [3.63, 3.8) is 0 Å². The summed E-state index contributed by atoms with van der Waals surface area (Å²) in [5.41, 5.74) is 2.60. The molecule has 0 spiro atoms. The molecule has 0 saturated carbocycles. The van der Waals surface area contributed by atoms with E-state index in [1.54, 1.807) is 19.1 Å². The number of benzene rings is 2. The minimum atomic E-state index is -0.0737. The molecule has 1 aromatic heterocycles. The molecule has 2 amide bonds. The van der Waals surface area contributed by atoms with E-state index in [9.17, 15) is 9.59 Å². The van der Waals surface area contributed by atoms with E-state index in [2.05, 4.69) is 10.5 Å². The van der Waals surface area contributed by atoms with Gasteiger partial charge in [-0.15, -0.1) is 0 Å². The number of carbonyl (C=O) groups is 2. The SMILES string of the molecule is Cc1onc(-c2ccccc2)c1C(=O)N1CCC(NC(=O)c2ccccc2)CC1. The standard InChI is InChI=1S/C23H23N3O3/c1-16-20(21(25-29-16)17-8-4-2-5-9-17)23(28)26-14-12-19(13-15-26)24-22(27)18-10-6-3-7-11-18/h2-11,19H,12-15H2,1H3,(H,24,27). The van der Waals surface area contributed by atoms with Crippen LogP contribution in [0.4, 0.5) is 0 Å². The Bertz CT molecular complexity index is 991. The van der Waals surface area contributed by atoms with E-state index in [4.69, 9.17) is 4.52 Å². The molecule has 2 heterocycles. The van der Waals surface area contributed by atoms with Crippen LogP contribution in [0.15, 0.2) is 65.2 Å². The fourth-order valence-electron chi connectivity index (χ4n) is 3.66. The van der Waals surface area contributed by atoms with Crippen LogP contribution in [0, 0.1) is 6.92 Å². The van der Waals surface area contributed by atoms with Crippen LogP contribution in [0.2, 0.25) is 0 Å². The lowest BCUT2D eigenvalue weighted by Gasteiger charge is -2.32. The third-order valence-corrected chi connectivity index (χ3v) is 5.28. The maximum atomic E-state index is 13.2. The van der Waals surface area contributed by atoms with Gasteiger partial charge in [0.25, 0.3) is 11.8 Å². The molecule has 4 rings (SSSR count). The lowest BCUT2D eigenvalue weighted by molar-refractivity contribution is 0.0697. The molecule has 3 aromatic rings. The van der Waals surface area contributed by atoms with Crippen LogP contribution in [0.1, 0.15) is 39.3 Å². The molecular weight excluding hydrogens is 366 g/mol. The highest BCUT2D eigenvalue weighted by atomic mass is 16.5. The summed E-state index contributed by atoms with van der Waals surface area (Å²) in [7, 11) is 0. The molecule has 2 aromatic carbocycles. The normalized spacial score (nSPS) is 14.6. The van der Waals surface area contributed by atoms with Gasteiger partial charge in [0.1, 0.15) is 17.0 Å². The lowest BCUT2D eigenvalue weighted by atomic mass is 10.0. The van der Waals surface area contributed by atoms with E-state index in [0.717, 1.165) is 18.4 Å². The van der Waals surface area contributed by atoms with Gasteiger partial charge in [-0.25, -0.2) is 0 Å². The fraction of sp³-hybridized carbons (Fsp3) is 0.261.